The molecule has 2 aromatic rings. The number of nitrogens with zero attached hydrogens (tertiary/aromatic N) is 1. The Morgan fingerprint density at radius 2 is 1.91 bits per heavy atom. The number of carbonyl (C=O) groups is 1. The van der Waals surface area contributed by atoms with Gasteiger partial charge in [0, 0.05) is 6.07 Å². The van der Waals surface area contributed by atoms with Crippen molar-refractivity contribution in [1.82, 2.24) is 0 Å². The molecule has 22 heavy (non-hydrogen) atoms. The lowest BCUT2D eigenvalue weighted by molar-refractivity contribution is -0.384. The van der Waals surface area contributed by atoms with E-state index in [9.17, 15) is 14.9 Å². The summed E-state index contributed by atoms with van der Waals surface area (Å²) < 4.78 is 5.20. The predicted octanol–water partition coefficient (Wildman–Crippen LogP) is 4.42. The Hall–Kier alpha value is -2.40. The van der Waals surface area contributed by atoms with E-state index in [1.807, 2.05) is 12.1 Å². The second-order valence-corrected chi connectivity index (χ2v) is 5.11. The number of nitro groups is 1. The Morgan fingerprint density at radius 3 is 2.50 bits per heavy atom. The molecule has 0 amide bonds. The number of ether oxygens (including phenoxy) is 1. The van der Waals surface area contributed by atoms with E-state index in [0.717, 1.165) is 24.5 Å². The summed E-state index contributed by atoms with van der Waals surface area (Å²) in [7, 11) is 0. The molecule has 0 saturated carbocycles. The van der Waals surface area contributed by atoms with Gasteiger partial charge < -0.3 is 4.74 Å². The van der Waals surface area contributed by atoms with Crippen molar-refractivity contribution in [3.05, 3.63) is 68.7 Å². The Balaban J connectivity index is 2.15. The van der Waals surface area contributed by atoms with Crippen LogP contribution in [0.2, 0.25) is 5.02 Å². The molecule has 0 aromatic heterocycles. The monoisotopic (exact) mass is 319 g/mol. The van der Waals surface area contributed by atoms with Gasteiger partial charge in [-0.3, -0.25) is 10.1 Å². The van der Waals surface area contributed by atoms with Crippen LogP contribution in [0.3, 0.4) is 0 Å². The maximum Gasteiger partial charge on any atom is 0.343 e. The molecule has 0 aliphatic rings. The maximum absolute atomic E-state index is 12.0. The van der Waals surface area contributed by atoms with Crippen LogP contribution in [0.15, 0.2) is 42.5 Å². The lowest BCUT2D eigenvalue weighted by atomic mass is 10.1. The number of rotatable bonds is 5. The fourth-order valence-corrected chi connectivity index (χ4v) is 2.14. The first-order chi connectivity index (χ1) is 10.5. The van der Waals surface area contributed by atoms with Crippen molar-refractivity contribution in [3.8, 4) is 5.75 Å². The molecule has 2 aromatic carbocycles. The molecule has 5 nitrogen and oxygen atoms in total. The minimum Gasteiger partial charge on any atom is -0.423 e. The zero-order valence-electron chi connectivity index (χ0n) is 11.9. The second kappa shape index (κ2) is 7.04. The third kappa shape index (κ3) is 3.83. The summed E-state index contributed by atoms with van der Waals surface area (Å²) in [6, 6.07) is 11.0. The van der Waals surface area contributed by atoms with Crippen LogP contribution < -0.4 is 4.74 Å². The molecule has 0 fully saturated rings. The first-order valence-corrected chi connectivity index (χ1v) is 7.14. The Morgan fingerprint density at radius 1 is 1.23 bits per heavy atom. The average molecular weight is 320 g/mol. The number of carbonyl (C=O) groups excluding carboxylic acids is 1. The molecule has 6 heteroatoms. The standard InChI is InChI=1S/C16H14ClNO4/c1-2-3-11-4-7-13(8-5-11)22-16(19)12-6-9-14(17)15(10-12)18(20)21/h4-10H,2-3H2,1H3. The van der Waals surface area contributed by atoms with E-state index in [1.54, 1.807) is 12.1 Å². The molecule has 0 heterocycles. The van der Waals surface area contributed by atoms with Gasteiger partial charge in [-0.25, -0.2) is 4.79 Å². The van der Waals surface area contributed by atoms with E-state index in [0.29, 0.717) is 5.75 Å². The van der Waals surface area contributed by atoms with Crippen LogP contribution in [0.25, 0.3) is 0 Å². The first-order valence-electron chi connectivity index (χ1n) is 6.76. The fourth-order valence-electron chi connectivity index (χ4n) is 1.96. The lowest BCUT2D eigenvalue weighted by Crippen LogP contribution is -2.09. The van der Waals surface area contributed by atoms with Crippen molar-refractivity contribution in [3.63, 3.8) is 0 Å². The highest BCUT2D eigenvalue weighted by Gasteiger charge is 2.17. The van der Waals surface area contributed by atoms with E-state index < -0.39 is 10.9 Å². The molecule has 0 spiro atoms. The minimum absolute atomic E-state index is 0.0227. The van der Waals surface area contributed by atoms with Gasteiger partial charge in [-0.15, -0.1) is 0 Å². The van der Waals surface area contributed by atoms with Crippen molar-refractivity contribution in [2.45, 2.75) is 19.8 Å². The van der Waals surface area contributed by atoms with E-state index in [2.05, 4.69) is 6.92 Å². The maximum atomic E-state index is 12.0. The number of esters is 1. The topological polar surface area (TPSA) is 69.4 Å². The summed E-state index contributed by atoms with van der Waals surface area (Å²) in [5, 5.41) is 10.8. The molecule has 0 bridgehead atoms. The quantitative estimate of drug-likeness (QED) is 0.354. The molecule has 2 rings (SSSR count). The van der Waals surface area contributed by atoms with Crippen LogP contribution in [-0.2, 0) is 6.42 Å². The van der Waals surface area contributed by atoms with E-state index >= 15 is 0 Å². The van der Waals surface area contributed by atoms with Crippen molar-refractivity contribution in [2.24, 2.45) is 0 Å². The third-order valence-electron chi connectivity index (χ3n) is 3.05. The van der Waals surface area contributed by atoms with Crippen LogP contribution in [0.1, 0.15) is 29.3 Å². The zero-order chi connectivity index (χ0) is 16.1. The number of benzene rings is 2. The second-order valence-electron chi connectivity index (χ2n) is 4.71. The Labute approximate surface area is 132 Å². The highest BCUT2D eigenvalue weighted by molar-refractivity contribution is 6.32. The van der Waals surface area contributed by atoms with E-state index in [4.69, 9.17) is 16.3 Å². The minimum atomic E-state index is -0.664. The van der Waals surface area contributed by atoms with Crippen molar-refractivity contribution >= 4 is 23.3 Å². The van der Waals surface area contributed by atoms with Crippen molar-refractivity contribution in [2.75, 3.05) is 0 Å². The Kier molecular flexibility index (Phi) is 5.12. The van der Waals surface area contributed by atoms with Crippen LogP contribution in [0, 0.1) is 10.1 Å². The zero-order valence-corrected chi connectivity index (χ0v) is 12.7. The van der Waals surface area contributed by atoms with E-state index in [-0.39, 0.29) is 16.3 Å². The van der Waals surface area contributed by atoms with Gasteiger partial charge in [0.15, 0.2) is 0 Å². The van der Waals surface area contributed by atoms with Gasteiger partial charge in [-0.1, -0.05) is 37.1 Å². The molecule has 0 saturated heterocycles. The molecule has 0 aliphatic carbocycles. The van der Waals surface area contributed by atoms with Crippen LogP contribution in [0.5, 0.6) is 5.75 Å². The Bertz CT molecular complexity index is 698. The van der Waals surface area contributed by atoms with Gasteiger partial charge in [0.05, 0.1) is 10.5 Å². The third-order valence-corrected chi connectivity index (χ3v) is 3.37. The van der Waals surface area contributed by atoms with Gasteiger partial charge >= 0.3 is 5.97 Å². The number of halogens is 1. The highest BCUT2D eigenvalue weighted by Crippen LogP contribution is 2.25. The fraction of sp³-hybridized carbons (Fsp3) is 0.188. The van der Waals surface area contributed by atoms with Crippen molar-refractivity contribution in [1.29, 1.82) is 0 Å². The summed E-state index contributed by atoms with van der Waals surface area (Å²) in [5.41, 5.74) is 0.910. The number of hydrogen-bond donors (Lipinski definition) is 0. The molecule has 0 atom stereocenters. The summed E-state index contributed by atoms with van der Waals surface area (Å²) in [6.45, 7) is 2.08. The predicted molar refractivity (Wildman–Crippen MR) is 83.5 cm³/mol. The summed E-state index contributed by atoms with van der Waals surface area (Å²) in [5.74, 6) is -0.273. The van der Waals surface area contributed by atoms with Crippen LogP contribution in [0.4, 0.5) is 5.69 Å². The van der Waals surface area contributed by atoms with E-state index in [1.165, 1.54) is 12.1 Å². The molecular formula is C16H14ClNO4. The molecule has 0 N–H and O–H groups in total. The molecule has 0 radical (unpaired) electrons. The average Bonchev–Trinajstić information content (AvgIpc) is 2.49. The SMILES string of the molecule is CCCc1ccc(OC(=O)c2ccc(Cl)c([N+](=O)[O-])c2)cc1. The number of hydrogen-bond acceptors (Lipinski definition) is 4. The first kappa shape index (κ1) is 16.0. The number of aryl methyl sites for hydroxylation is 1. The molecule has 0 aliphatic heterocycles. The van der Waals surface area contributed by atoms with Gasteiger partial charge in [-0.05, 0) is 36.2 Å². The van der Waals surface area contributed by atoms with Gasteiger partial charge in [0.2, 0.25) is 0 Å². The van der Waals surface area contributed by atoms with Crippen LogP contribution >= 0.6 is 11.6 Å². The van der Waals surface area contributed by atoms with Crippen LogP contribution in [-0.4, -0.2) is 10.9 Å². The molecule has 114 valence electrons. The molecule has 0 unspecified atom stereocenters. The smallest absolute Gasteiger partial charge is 0.343 e. The highest BCUT2D eigenvalue weighted by atomic mass is 35.5. The lowest BCUT2D eigenvalue weighted by Gasteiger charge is -2.06. The molecular weight excluding hydrogens is 306 g/mol. The summed E-state index contributed by atoms with van der Waals surface area (Å²) in [4.78, 5) is 22.2. The largest absolute Gasteiger partial charge is 0.423 e. The van der Waals surface area contributed by atoms with Crippen molar-refractivity contribution < 1.29 is 14.5 Å². The number of nitro benzene ring substituents is 1. The normalized spacial score (nSPS) is 10.3. The summed E-state index contributed by atoms with van der Waals surface area (Å²) in [6.07, 6.45) is 1.99. The summed E-state index contributed by atoms with van der Waals surface area (Å²) >= 11 is 5.71. The van der Waals surface area contributed by atoms with Gasteiger partial charge in [0.25, 0.3) is 5.69 Å². The van der Waals surface area contributed by atoms with Gasteiger partial charge in [-0.2, -0.15) is 0 Å². The van der Waals surface area contributed by atoms with Gasteiger partial charge in [0.1, 0.15) is 10.8 Å².